The van der Waals surface area contributed by atoms with Crippen molar-refractivity contribution >= 4 is 11.9 Å². The Hall–Kier alpha value is -2.70. The van der Waals surface area contributed by atoms with Gasteiger partial charge in [-0.1, -0.05) is 216 Å². The van der Waals surface area contributed by atoms with Crippen LogP contribution in [0.1, 0.15) is 220 Å². The van der Waals surface area contributed by atoms with E-state index in [2.05, 4.69) is 50.4 Å². The number of aliphatic hydroxyl groups excluding tert-OH is 2. The van der Waals surface area contributed by atoms with Crippen LogP contribution in [-0.4, -0.2) is 46.9 Å². The maximum atomic E-state index is 13.1. The number of allylic oxidation sites excluding steroid dienone is 12. The SMILES string of the molecule is CC/C=C/C=C/C=C\C=C/C=C/CCCC(CC(=O)NC(CO)C(O)CCCCCCCCCCCCCCCC)OC(=O)CCCCCCC/C=C\CCCCC. The van der Waals surface area contributed by atoms with E-state index < -0.39 is 18.2 Å². The number of unbranched alkanes of at least 4 members (excludes halogenated alkanes) is 22. The first-order chi connectivity index (χ1) is 28.5. The number of nitrogens with one attached hydrogen (secondary N) is 1. The van der Waals surface area contributed by atoms with Crippen molar-refractivity contribution in [2.45, 2.75) is 238 Å². The fourth-order valence-electron chi connectivity index (χ4n) is 6.98. The van der Waals surface area contributed by atoms with Crippen LogP contribution >= 0.6 is 0 Å². The summed E-state index contributed by atoms with van der Waals surface area (Å²) in [6.45, 7) is 6.28. The monoisotopic (exact) mass is 810 g/mol. The zero-order valence-electron chi connectivity index (χ0n) is 37.9. The molecule has 0 saturated carbocycles. The number of amides is 1. The molecule has 0 heterocycles. The van der Waals surface area contributed by atoms with Crippen LogP contribution in [0.4, 0.5) is 0 Å². The number of ether oxygens (including phenoxy) is 1. The van der Waals surface area contributed by atoms with Crippen LogP contribution in [0.25, 0.3) is 0 Å². The summed E-state index contributed by atoms with van der Waals surface area (Å²) < 4.78 is 5.87. The molecule has 0 saturated heterocycles. The molecule has 58 heavy (non-hydrogen) atoms. The predicted molar refractivity (Wildman–Crippen MR) is 250 cm³/mol. The van der Waals surface area contributed by atoms with Gasteiger partial charge in [-0.3, -0.25) is 9.59 Å². The number of aliphatic hydroxyl groups is 2. The first-order valence-electron chi connectivity index (χ1n) is 24.2. The molecule has 0 aliphatic carbocycles. The van der Waals surface area contributed by atoms with Gasteiger partial charge >= 0.3 is 5.97 Å². The molecule has 3 unspecified atom stereocenters. The molecule has 0 spiro atoms. The molecule has 0 fully saturated rings. The molecule has 1 amide bonds. The summed E-state index contributed by atoms with van der Waals surface area (Å²) in [6.07, 6.45) is 56.8. The van der Waals surface area contributed by atoms with Crippen LogP contribution in [0.15, 0.2) is 72.9 Å². The molecule has 6 heteroatoms. The minimum absolute atomic E-state index is 0.0230. The molecule has 3 atom stereocenters. The van der Waals surface area contributed by atoms with E-state index in [0.29, 0.717) is 19.3 Å². The van der Waals surface area contributed by atoms with Crippen molar-refractivity contribution in [2.75, 3.05) is 6.61 Å². The third kappa shape index (κ3) is 40.1. The highest BCUT2D eigenvalue weighted by molar-refractivity contribution is 5.77. The summed E-state index contributed by atoms with van der Waals surface area (Å²) in [5.74, 6) is -0.561. The van der Waals surface area contributed by atoms with E-state index >= 15 is 0 Å². The highest BCUT2D eigenvalue weighted by atomic mass is 16.5. The molecule has 0 aromatic rings. The third-order valence-corrected chi connectivity index (χ3v) is 10.6. The van der Waals surface area contributed by atoms with Crippen molar-refractivity contribution in [3.8, 4) is 0 Å². The van der Waals surface area contributed by atoms with Gasteiger partial charge in [0.15, 0.2) is 0 Å². The van der Waals surface area contributed by atoms with E-state index in [0.717, 1.165) is 64.2 Å². The molecule has 0 aliphatic rings. The lowest BCUT2D eigenvalue weighted by atomic mass is 10.0. The average molecular weight is 810 g/mol. The second kappa shape index (κ2) is 45.4. The van der Waals surface area contributed by atoms with Gasteiger partial charge in [-0.15, -0.1) is 0 Å². The summed E-state index contributed by atoms with van der Waals surface area (Å²) in [7, 11) is 0. The second-order valence-corrected chi connectivity index (χ2v) is 16.2. The number of carbonyl (C=O) groups excluding carboxylic acids is 2. The van der Waals surface area contributed by atoms with Gasteiger partial charge in [0, 0.05) is 6.42 Å². The van der Waals surface area contributed by atoms with Crippen molar-refractivity contribution in [1.82, 2.24) is 5.32 Å². The number of rotatable bonds is 42. The molecule has 6 nitrogen and oxygen atoms in total. The van der Waals surface area contributed by atoms with Crippen LogP contribution in [0, 0.1) is 0 Å². The van der Waals surface area contributed by atoms with Crippen LogP contribution in [-0.2, 0) is 14.3 Å². The Kier molecular flexibility index (Phi) is 43.3. The Morgan fingerprint density at radius 2 is 0.966 bits per heavy atom. The Morgan fingerprint density at radius 3 is 1.52 bits per heavy atom. The molecular weight excluding hydrogens is 719 g/mol. The topological polar surface area (TPSA) is 95.9 Å². The highest BCUT2D eigenvalue weighted by Crippen LogP contribution is 2.17. The van der Waals surface area contributed by atoms with Crippen molar-refractivity contribution in [1.29, 1.82) is 0 Å². The Morgan fingerprint density at radius 1 is 0.517 bits per heavy atom. The van der Waals surface area contributed by atoms with E-state index in [4.69, 9.17) is 4.74 Å². The standard InChI is InChI=1S/C52H91NO5/c1-4-7-10-13-16-19-22-25-27-29-32-35-38-41-44-50(55)49(47-54)53-51(56)46-48(43-40-37-34-31-28-26-23-20-17-14-11-8-5-2)58-52(57)45-42-39-36-33-30-24-21-18-15-12-9-6-3/h8,11,14,17-18,20-21,23,26,28,31,34,48-50,54-55H,4-7,9-10,12-13,15-16,19,22,24-25,27,29-30,32-33,35-47H2,1-3H3,(H,53,56)/b11-8+,17-14+,21-18-,23-20-,28-26-,34-31+. The summed E-state index contributed by atoms with van der Waals surface area (Å²) >= 11 is 0. The highest BCUT2D eigenvalue weighted by Gasteiger charge is 2.24. The zero-order chi connectivity index (χ0) is 42.4. The largest absolute Gasteiger partial charge is 0.462 e. The van der Waals surface area contributed by atoms with Gasteiger partial charge in [0.2, 0.25) is 5.91 Å². The van der Waals surface area contributed by atoms with Gasteiger partial charge in [-0.25, -0.2) is 0 Å². The smallest absolute Gasteiger partial charge is 0.306 e. The van der Waals surface area contributed by atoms with Crippen molar-refractivity contribution < 1.29 is 24.5 Å². The second-order valence-electron chi connectivity index (χ2n) is 16.2. The number of carbonyl (C=O) groups is 2. The molecule has 0 rings (SSSR count). The van der Waals surface area contributed by atoms with Crippen LogP contribution in [0.5, 0.6) is 0 Å². The lowest BCUT2D eigenvalue weighted by Crippen LogP contribution is -2.46. The summed E-state index contributed by atoms with van der Waals surface area (Å²) in [4.78, 5) is 26.0. The molecule has 334 valence electrons. The fourth-order valence-corrected chi connectivity index (χ4v) is 6.98. The Bertz CT molecular complexity index is 1090. The van der Waals surface area contributed by atoms with Crippen LogP contribution < -0.4 is 5.32 Å². The first kappa shape index (κ1) is 55.3. The van der Waals surface area contributed by atoms with Gasteiger partial charge in [0.25, 0.3) is 0 Å². The molecule has 0 aromatic heterocycles. The summed E-state index contributed by atoms with van der Waals surface area (Å²) in [5.41, 5.74) is 0. The number of hydrogen-bond acceptors (Lipinski definition) is 5. The maximum Gasteiger partial charge on any atom is 0.306 e. The summed E-state index contributed by atoms with van der Waals surface area (Å²) in [5, 5.41) is 23.7. The first-order valence-corrected chi connectivity index (χ1v) is 24.2. The zero-order valence-corrected chi connectivity index (χ0v) is 37.9. The molecule has 0 aliphatic heterocycles. The lowest BCUT2D eigenvalue weighted by Gasteiger charge is -2.24. The molecule has 0 bridgehead atoms. The number of esters is 1. The van der Waals surface area contributed by atoms with Gasteiger partial charge in [0.05, 0.1) is 25.2 Å². The van der Waals surface area contributed by atoms with Gasteiger partial charge in [-0.2, -0.15) is 0 Å². The minimum Gasteiger partial charge on any atom is -0.462 e. The van der Waals surface area contributed by atoms with Crippen molar-refractivity contribution in [3.05, 3.63) is 72.9 Å². The average Bonchev–Trinajstić information content (AvgIpc) is 3.22. The van der Waals surface area contributed by atoms with Crippen LogP contribution in [0.2, 0.25) is 0 Å². The Balaban J connectivity index is 4.69. The van der Waals surface area contributed by atoms with E-state index in [-0.39, 0.29) is 24.9 Å². The van der Waals surface area contributed by atoms with Gasteiger partial charge < -0.3 is 20.3 Å². The summed E-state index contributed by atoms with van der Waals surface area (Å²) in [6, 6.07) is -0.727. The number of hydrogen-bond donors (Lipinski definition) is 3. The van der Waals surface area contributed by atoms with Crippen molar-refractivity contribution in [3.63, 3.8) is 0 Å². The fraction of sp³-hybridized carbons (Fsp3) is 0.731. The normalized spacial score (nSPS) is 13.9. The van der Waals surface area contributed by atoms with Gasteiger partial charge in [0.1, 0.15) is 6.10 Å². The van der Waals surface area contributed by atoms with E-state index in [1.165, 1.54) is 109 Å². The molecule has 0 aromatic carbocycles. The molecule has 3 N–H and O–H groups in total. The van der Waals surface area contributed by atoms with E-state index in [9.17, 15) is 19.8 Å². The molecule has 0 radical (unpaired) electrons. The lowest BCUT2D eigenvalue weighted by molar-refractivity contribution is -0.151. The third-order valence-electron chi connectivity index (χ3n) is 10.6. The Labute approximate surface area is 358 Å². The van der Waals surface area contributed by atoms with Gasteiger partial charge in [-0.05, 0) is 64.2 Å². The predicted octanol–water partition coefficient (Wildman–Crippen LogP) is 14.2. The van der Waals surface area contributed by atoms with E-state index in [1.807, 2.05) is 48.6 Å². The van der Waals surface area contributed by atoms with Crippen LogP contribution in [0.3, 0.4) is 0 Å². The minimum atomic E-state index is -0.809. The van der Waals surface area contributed by atoms with E-state index in [1.54, 1.807) is 0 Å². The quantitative estimate of drug-likeness (QED) is 0.0247. The maximum absolute atomic E-state index is 13.1. The molecular formula is C52H91NO5. The van der Waals surface area contributed by atoms with Crippen molar-refractivity contribution in [2.24, 2.45) is 0 Å².